The number of halogens is 3. The van der Waals surface area contributed by atoms with Crippen molar-refractivity contribution in [2.24, 2.45) is 0 Å². The molecule has 0 saturated carbocycles. The van der Waals surface area contributed by atoms with Crippen LogP contribution < -0.4 is 14.2 Å². The van der Waals surface area contributed by atoms with E-state index in [9.17, 15) is 31.5 Å². The molecule has 35 heavy (non-hydrogen) atoms. The second-order valence-corrected chi connectivity index (χ2v) is 9.16. The number of carboxylic acid groups (broad SMARTS) is 1. The van der Waals surface area contributed by atoms with E-state index in [4.69, 9.17) is 4.74 Å². The summed E-state index contributed by atoms with van der Waals surface area (Å²) in [6.07, 6.45) is -3.94. The van der Waals surface area contributed by atoms with Crippen molar-refractivity contribution in [3.05, 3.63) is 83.4 Å². The molecule has 11 heteroatoms. The van der Waals surface area contributed by atoms with Crippen LogP contribution in [-0.2, 0) is 22.9 Å². The number of hydrogen-bond donors (Lipinski definition) is 2. The molecule has 0 unspecified atom stereocenters. The Kier molecular flexibility index (Phi) is 8.03. The van der Waals surface area contributed by atoms with Gasteiger partial charge in [0.05, 0.1) is 10.5 Å². The van der Waals surface area contributed by atoms with Crippen LogP contribution in [0.25, 0.3) is 0 Å². The normalized spacial score (nSPS) is 11.8. The molecule has 0 atom stereocenters. The summed E-state index contributed by atoms with van der Waals surface area (Å²) in [7, 11) is -3.89. The monoisotopic (exact) mass is 511 g/mol. The summed E-state index contributed by atoms with van der Waals surface area (Å²) in [5, 5.41) is 9.31. The van der Waals surface area contributed by atoms with Crippen LogP contribution in [0.4, 0.5) is 13.2 Å². The Bertz CT molecular complexity index is 1280. The number of carbonyl (C=O) groups is 1. The lowest BCUT2D eigenvalue weighted by molar-refractivity contribution is -0.274. The summed E-state index contributed by atoms with van der Waals surface area (Å²) in [4.78, 5) is 11.3. The molecule has 3 aromatic carbocycles. The first kappa shape index (κ1) is 26.0. The number of ether oxygens (including phenoxy) is 2. The number of hydrogen-bond acceptors (Lipinski definition) is 5. The quantitative estimate of drug-likeness (QED) is 0.378. The van der Waals surface area contributed by atoms with Crippen LogP contribution >= 0.6 is 0 Å². The number of aromatic carboxylic acids is 1. The molecule has 3 rings (SSSR count). The van der Waals surface area contributed by atoms with E-state index in [1.54, 1.807) is 31.2 Å². The van der Waals surface area contributed by atoms with Gasteiger partial charge in [0.2, 0.25) is 10.0 Å². The average Bonchev–Trinajstić information content (AvgIpc) is 2.80. The van der Waals surface area contributed by atoms with Crippen LogP contribution in [0.5, 0.6) is 17.2 Å². The molecule has 188 valence electrons. The fourth-order valence-corrected chi connectivity index (χ4v) is 4.27. The topological polar surface area (TPSA) is 102 Å². The Morgan fingerprint density at radius 1 is 0.971 bits per heavy atom. The maximum Gasteiger partial charge on any atom is 0.573 e. The van der Waals surface area contributed by atoms with E-state index in [2.05, 4.69) is 9.46 Å². The van der Waals surface area contributed by atoms with Crippen molar-refractivity contribution in [1.29, 1.82) is 0 Å². The van der Waals surface area contributed by atoms with Crippen LogP contribution in [0.2, 0.25) is 0 Å². The fraction of sp³-hybridized carbons (Fsp3) is 0.208. The molecule has 3 aromatic rings. The van der Waals surface area contributed by atoms with Gasteiger partial charge in [-0.1, -0.05) is 25.1 Å². The summed E-state index contributed by atoms with van der Waals surface area (Å²) in [6, 6.07) is 15.7. The highest BCUT2D eigenvalue weighted by Gasteiger charge is 2.31. The molecule has 7 nitrogen and oxygen atoms in total. The second kappa shape index (κ2) is 10.8. The molecule has 2 N–H and O–H groups in total. The van der Waals surface area contributed by atoms with Crippen molar-refractivity contribution in [2.75, 3.05) is 6.54 Å². The number of nitrogens with one attached hydrogen (secondary N) is 1. The maximum absolute atomic E-state index is 12.6. The zero-order valence-corrected chi connectivity index (χ0v) is 19.3. The molecule has 0 saturated heterocycles. The smallest absolute Gasteiger partial charge is 0.478 e. The standard InChI is InChI=1S/C24H22F3NO6S.H2/c1-2-17-5-12-21(15-22(17)23(29)30)35(31,32)28-14-13-16-3-6-18(7-4-16)33-19-8-10-20(11-9-19)34-24(25,26)27;/h3-12,15,28H,2,13-14H2,1H3,(H,29,30);1H. The van der Waals surface area contributed by atoms with Gasteiger partial charge in [-0.15, -0.1) is 13.2 Å². The number of alkyl halides is 3. The van der Waals surface area contributed by atoms with Gasteiger partial charge in [-0.3, -0.25) is 0 Å². The predicted molar refractivity (Wildman–Crippen MR) is 123 cm³/mol. The summed E-state index contributed by atoms with van der Waals surface area (Å²) in [5.74, 6) is -0.791. The summed E-state index contributed by atoms with van der Waals surface area (Å²) < 4.78 is 73.7. The maximum atomic E-state index is 12.6. The molecule has 0 aromatic heterocycles. The molecule has 0 amide bonds. The van der Waals surface area contributed by atoms with E-state index in [0.717, 1.165) is 23.8 Å². The lowest BCUT2D eigenvalue weighted by Gasteiger charge is -2.11. The van der Waals surface area contributed by atoms with E-state index in [1.165, 1.54) is 24.3 Å². The fourth-order valence-electron chi connectivity index (χ4n) is 3.21. The van der Waals surface area contributed by atoms with Crippen LogP contribution in [0.1, 0.15) is 29.8 Å². The van der Waals surface area contributed by atoms with Gasteiger partial charge < -0.3 is 14.6 Å². The summed E-state index contributed by atoms with van der Waals surface area (Å²) >= 11 is 0. The number of rotatable bonds is 10. The molecular weight excluding hydrogens is 487 g/mol. The predicted octanol–water partition coefficient (Wildman–Crippen LogP) is 5.41. The zero-order chi connectivity index (χ0) is 25.6. The van der Waals surface area contributed by atoms with Crippen LogP contribution in [0, 0.1) is 0 Å². The largest absolute Gasteiger partial charge is 0.573 e. The van der Waals surface area contributed by atoms with Crippen molar-refractivity contribution in [2.45, 2.75) is 31.0 Å². The number of aryl methyl sites for hydroxylation is 1. The van der Waals surface area contributed by atoms with Gasteiger partial charge in [-0.05, 0) is 72.5 Å². The van der Waals surface area contributed by atoms with E-state index in [-0.39, 0.29) is 24.2 Å². The van der Waals surface area contributed by atoms with Gasteiger partial charge in [0, 0.05) is 7.97 Å². The molecule has 0 heterocycles. The molecule has 0 aliphatic rings. The third-order valence-corrected chi connectivity index (χ3v) is 6.38. The molecule has 0 spiro atoms. The lowest BCUT2D eigenvalue weighted by atomic mass is 10.1. The molecule has 0 aliphatic heterocycles. The summed E-state index contributed by atoms with van der Waals surface area (Å²) in [5.41, 5.74) is 1.30. The Labute approximate surface area is 201 Å². The molecule has 0 radical (unpaired) electrons. The van der Waals surface area contributed by atoms with Crippen molar-refractivity contribution in [3.63, 3.8) is 0 Å². The minimum Gasteiger partial charge on any atom is -0.478 e. The van der Waals surface area contributed by atoms with E-state index in [1.807, 2.05) is 0 Å². The van der Waals surface area contributed by atoms with Crippen LogP contribution in [-0.4, -0.2) is 32.4 Å². The minimum absolute atomic E-state index is 0. The van der Waals surface area contributed by atoms with E-state index < -0.39 is 22.4 Å². The van der Waals surface area contributed by atoms with Crippen molar-refractivity contribution in [3.8, 4) is 17.2 Å². The minimum atomic E-state index is -4.77. The van der Waals surface area contributed by atoms with Gasteiger partial charge in [0.15, 0.2) is 0 Å². The Balaban J connectivity index is 0.00000456. The van der Waals surface area contributed by atoms with Crippen LogP contribution in [0.15, 0.2) is 71.6 Å². The van der Waals surface area contributed by atoms with Crippen molar-refractivity contribution < 1.29 is 42.4 Å². The zero-order valence-electron chi connectivity index (χ0n) is 18.5. The second-order valence-electron chi connectivity index (χ2n) is 7.39. The molecule has 0 bridgehead atoms. The number of sulfonamides is 1. The van der Waals surface area contributed by atoms with Crippen molar-refractivity contribution in [1.82, 2.24) is 4.72 Å². The van der Waals surface area contributed by atoms with Gasteiger partial charge in [-0.25, -0.2) is 17.9 Å². The Hall–Kier alpha value is -3.57. The number of carboxylic acids is 1. The highest BCUT2D eigenvalue weighted by molar-refractivity contribution is 7.89. The average molecular weight is 512 g/mol. The summed E-state index contributed by atoms with van der Waals surface area (Å²) in [6.45, 7) is 1.87. The molecule has 0 aliphatic carbocycles. The van der Waals surface area contributed by atoms with Gasteiger partial charge >= 0.3 is 12.3 Å². The van der Waals surface area contributed by atoms with E-state index >= 15 is 0 Å². The first-order valence-corrected chi connectivity index (χ1v) is 11.9. The lowest BCUT2D eigenvalue weighted by Crippen LogP contribution is -2.26. The first-order chi connectivity index (χ1) is 16.5. The molecule has 0 fully saturated rings. The van der Waals surface area contributed by atoms with Gasteiger partial charge in [0.25, 0.3) is 0 Å². The van der Waals surface area contributed by atoms with Gasteiger partial charge in [-0.2, -0.15) is 0 Å². The highest BCUT2D eigenvalue weighted by atomic mass is 32.2. The number of benzene rings is 3. The van der Waals surface area contributed by atoms with Crippen LogP contribution in [0.3, 0.4) is 0 Å². The third-order valence-electron chi connectivity index (χ3n) is 4.93. The highest BCUT2D eigenvalue weighted by Crippen LogP contribution is 2.27. The Morgan fingerprint density at radius 2 is 1.54 bits per heavy atom. The van der Waals surface area contributed by atoms with E-state index in [0.29, 0.717) is 29.9 Å². The Morgan fingerprint density at radius 3 is 2.09 bits per heavy atom. The van der Waals surface area contributed by atoms with Gasteiger partial charge in [0.1, 0.15) is 17.2 Å². The molecular formula is C24H24F3NO6S. The van der Waals surface area contributed by atoms with Crippen molar-refractivity contribution >= 4 is 16.0 Å². The SMILES string of the molecule is CCc1ccc(S(=O)(=O)NCCc2ccc(Oc3ccc(OC(F)(F)F)cc3)cc2)cc1C(=O)O.[HH]. The third kappa shape index (κ3) is 7.46. The first-order valence-electron chi connectivity index (χ1n) is 10.5.